The van der Waals surface area contributed by atoms with Crippen molar-refractivity contribution in [3.63, 3.8) is 0 Å². The quantitative estimate of drug-likeness (QED) is 0.780. The Labute approximate surface area is 137 Å². The highest BCUT2D eigenvalue weighted by Crippen LogP contribution is 2.32. The lowest BCUT2D eigenvalue weighted by molar-refractivity contribution is 0.392. The van der Waals surface area contributed by atoms with Crippen molar-refractivity contribution < 1.29 is 18.6 Å². The first-order valence-corrected chi connectivity index (χ1v) is 9.07. The van der Waals surface area contributed by atoms with Gasteiger partial charge < -0.3 is 10.2 Å². The van der Waals surface area contributed by atoms with Crippen LogP contribution in [0.3, 0.4) is 0 Å². The van der Waals surface area contributed by atoms with Crippen molar-refractivity contribution >= 4 is 27.2 Å². The van der Waals surface area contributed by atoms with E-state index in [0.29, 0.717) is 6.42 Å². The van der Waals surface area contributed by atoms with Crippen LogP contribution in [0.15, 0.2) is 36.5 Å². The number of hydrogen-bond acceptors (Lipinski definition) is 6. The Hall–Kier alpha value is -2.26. The number of aromatic nitrogens is 1. The summed E-state index contributed by atoms with van der Waals surface area (Å²) < 4.78 is 26.3. The molecule has 0 saturated heterocycles. The zero-order chi connectivity index (χ0) is 16.6. The summed E-state index contributed by atoms with van der Waals surface area (Å²) in [5, 5.41) is 20.4. The van der Waals surface area contributed by atoms with Crippen LogP contribution in [0.2, 0.25) is 0 Å². The predicted octanol–water partition coefficient (Wildman–Crippen LogP) is 1.95. The van der Waals surface area contributed by atoms with Crippen molar-refractivity contribution in [3.8, 4) is 5.75 Å². The summed E-state index contributed by atoms with van der Waals surface area (Å²) in [7, 11) is -3.90. The molecule has 1 aliphatic heterocycles. The average molecular weight is 353 g/mol. The van der Waals surface area contributed by atoms with Gasteiger partial charge in [0.25, 0.3) is 0 Å². The van der Waals surface area contributed by atoms with Crippen molar-refractivity contribution in [2.45, 2.75) is 19.8 Å². The van der Waals surface area contributed by atoms with E-state index in [1.54, 1.807) is 17.4 Å². The fraction of sp³-hybridized carbons (Fsp3) is 0.214. The third kappa shape index (κ3) is 3.25. The maximum atomic E-state index is 11.8. The van der Waals surface area contributed by atoms with E-state index in [1.165, 1.54) is 12.1 Å². The van der Waals surface area contributed by atoms with Crippen molar-refractivity contribution in [3.05, 3.63) is 51.9 Å². The largest absolute Gasteiger partial charge is 0.506 e. The molecule has 0 bridgehead atoms. The Kier molecular flexibility index (Phi) is 3.90. The summed E-state index contributed by atoms with van der Waals surface area (Å²) >= 11 is 1.63. The van der Waals surface area contributed by atoms with Gasteiger partial charge >= 0.3 is 10.2 Å². The SMILES string of the molecule is Cc1ncc(CCc2ccc(N3C=C(O)NS3(=O)=O)c(O)c2)s1. The van der Waals surface area contributed by atoms with Gasteiger partial charge in [0.1, 0.15) is 11.4 Å². The minimum absolute atomic E-state index is 0.0823. The van der Waals surface area contributed by atoms with Gasteiger partial charge in [-0.3, -0.25) is 0 Å². The Morgan fingerprint density at radius 3 is 2.65 bits per heavy atom. The third-order valence-electron chi connectivity index (χ3n) is 3.34. The van der Waals surface area contributed by atoms with Crippen LogP contribution in [0.5, 0.6) is 5.75 Å². The van der Waals surface area contributed by atoms with E-state index in [4.69, 9.17) is 0 Å². The monoisotopic (exact) mass is 353 g/mol. The molecular formula is C14H15N3O4S2. The normalized spacial score (nSPS) is 16.2. The van der Waals surface area contributed by atoms with Gasteiger partial charge in [-0.1, -0.05) is 6.07 Å². The van der Waals surface area contributed by atoms with Crippen LogP contribution >= 0.6 is 11.3 Å². The van der Waals surface area contributed by atoms with Gasteiger partial charge in [-0.15, -0.1) is 11.3 Å². The van der Waals surface area contributed by atoms with E-state index in [1.807, 2.05) is 17.8 Å². The third-order valence-corrected chi connectivity index (χ3v) is 5.60. The van der Waals surface area contributed by atoms with Crippen LogP contribution in [-0.4, -0.2) is 23.6 Å². The Morgan fingerprint density at radius 2 is 2.09 bits per heavy atom. The van der Waals surface area contributed by atoms with Gasteiger partial charge in [-0.25, -0.2) is 14.0 Å². The predicted molar refractivity (Wildman–Crippen MR) is 87.6 cm³/mol. The van der Waals surface area contributed by atoms with Gasteiger partial charge in [0.05, 0.1) is 11.2 Å². The van der Waals surface area contributed by atoms with Crippen molar-refractivity contribution in [1.82, 2.24) is 9.71 Å². The summed E-state index contributed by atoms with van der Waals surface area (Å²) in [6.45, 7) is 1.95. The number of nitrogens with zero attached hydrogens (tertiary/aromatic N) is 2. The molecule has 0 aliphatic carbocycles. The van der Waals surface area contributed by atoms with E-state index in [2.05, 4.69) is 4.98 Å². The molecule has 0 unspecified atom stereocenters. The van der Waals surface area contributed by atoms with E-state index >= 15 is 0 Å². The maximum Gasteiger partial charge on any atom is 0.330 e. The number of aliphatic hydroxyl groups is 1. The second kappa shape index (κ2) is 5.74. The number of benzene rings is 1. The number of rotatable bonds is 4. The van der Waals surface area contributed by atoms with E-state index < -0.39 is 16.1 Å². The summed E-state index contributed by atoms with van der Waals surface area (Å²) in [6.07, 6.45) is 4.35. The van der Waals surface area contributed by atoms with Crippen LogP contribution in [0.1, 0.15) is 15.4 Å². The summed E-state index contributed by atoms with van der Waals surface area (Å²) in [4.78, 5) is 5.35. The van der Waals surface area contributed by atoms with Gasteiger partial charge in [0, 0.05) is 11.1 Å². The highest BCUT2D eigenvalue weighted by atomic mass is 32.2. The molecule has 0 atom stereocenters. The molecule has 3 rings (SSSR count). The second-order valence-corrected chi connectivity index (χ2v) is 7.95. The summed E-state index contributed by atoms with van der Waals surface area (Å²) in [5.74, 6) is -0.659. The van der Waals surface area contributed by atoms with Gasteiger partial charge in [0.15, 0.2) is 0 Å². The standard InChI is InChI=1S/C14H15N3O4S2/c1-9-15-7-11(22-9)4-2-10-3-5-12(13(18)6-10)17-8-14(19)16-23(17,20)21/h3,5-8,16,18-19H,2,4H2,1H3. The number of nitrogens with one attached hydrogen (secondary N) is 1. The number of anilines is 1. The molecule has 0 saturated carbocycles. The molecule has 1 aromatic carbocycles. The zero-order valence-electron chi connectivity index (χ0n) is 12.2. The maximum absolute atomic E-state index is 11.8. The Balaban J connectivity index is 1.78. The van der Waals surface area contributed by atoms with E-state index in [0.717, 1.165) is 32.4 Å². The molecule has 2 heterocycles. The fourth-order valence-electron chi connectivity index (χ4n) is 2.29. The molecule has 0 amide bonds. The summed E-state index contributed by atoms with van der Waals surface area (Å²) in [6, 6.07) is 4.79. The van der Waals surface area contributed by atoms with E-state index in [9.17, 15) is 18.6 Å². The molecule has 0 radical (unpaired) electrons. The van der Waals surface area contributed by atoms with Crippen molar-refractivity contribution in [2.24, 2.45) is 0 Å². The topological polar surface area (TPSA) is 103 Å². The number of hydrogen-bond donors (Lipinski definition) is 3. The second-order valence-electron chi connectivity index (χ2n) is 5.09. The molecule has 1 aliphatic rings. The molecule has 23 heavy (non-hydrogen) atoms. The average Bonchev–Trinajstić information content (AvgIpc) is 2.99. The Bertz CT molecular complexity index is 874. The molecule has 0 fully saturated rings. The highest BCUT2D eigenvalue weighted by molar-refractivity contribution is 7.91. The highest BCUT2D eigenvalue weighted by Gasteiger charge is 2.30. The number of phenolic OH excluding ortho intramolecular Hbond substituents is 1. The molecule has 1 aromatic heterocycles. The first-order chi connectivity index (χ1) is 10.8. The minimum atomic E-state index is -3.90. The number of aromatic hydroxyl groups is 1. The minimum Gasteiger partial charge on any atom is -0.506 e. The van der Waals surface area contributed by atoms with E-state index in [-0.39, 0.29) is 11.4 Å². The van der Waals surface area contributed by atoms with Crippen molar-refractivity contribution in [1.29, 1.82) is 0 Å². The summed E-state index contributed by atoms with van der Waals surface area (Å²) in [5.41, 5.74) is 0.967. The number of aryl methyl sites for hydroxylation is 3. The van der Waals surface area contributed by atoms with Gasteiger partial charge in [-0.2, -0.15) is 8.42 Å². The lowest BCUT2D eigenvalue weighted by Crippen LogP contribution is -2.29. The molecule has 0 spiro atoms. The van der Waals surface area contributed by atoms with Crippen LogP contribution in [0, 0.1) is 6.92 Å². The van der Waals surface area contributed by atoms with Crippen LogP contribution in [-0.2, 0) is 23.1 Å². The van der Waals surface area contributed by atoms with Crippen LogP contribution in [0.4, 0.5) is 5.69 Å². The molecular weight excluding hydrogens is 338 g/mol. The molecule has 7 nitrogen and oxygen atoms in total. The number of thiazole rings is 1. The number of phenols is 1. The van der Waals surface area contributed by atoms with Crippen molar-refractivity contribution in [2.75, 3.05) is 4.31 Å². The fourth-order valence-corrected chi connectivity index (χ4v) is 4.15. The smallest absolute Gasteiger partial charge is 0.330 e. The van der Waals surface area contributed by atoms with Crippen LogP contribution < -0.4 is 9.03 Å². The lowest BCUT2D eigenvalue weighted by atomic mass is 10.1. The lowest BCUT2D eigenvalue weighted by Gasteiger charge is -2.16. The Morgan fingerprint density at radius 1 is 1.30 bits per heavy atom. The first-order valence-electron chi connectivity index (χ1n) is 6.81. The molecule has 3 N–H and O–H groups in total. The molecule has 122 valence electrons. The van der Waals surface area contributed by atoms with Gasteiger partial charge in [-0.05, 0) is 37.5 Å². The first kappa shape index (κ1) is 15.6. The van der Waals surface area contributed by atoms with Crippen LogP contribution in [0.25, 0.3) is 0 Å². The van der Waals surface area contributed by atoms with Gasteiger partial charge in [0.2, 0.25) is 5.88 Å². The number of aliphatic hydroxyl groups excluding tert-OH is 1. The zero-order valence-corrected chi connectivity index (χ0v) is 13.9. The molecule has 9 heteroatoms. The molecule has 2 aromatic rings.